The maximum atomic E-state index is 14.0. The van der Waals surface area contributed by atoms with Crippen LogP contribution < -0.4 is 5.76 Å². The normalized spacial score (nSPS) is 13.1. The summed E-state index contributed by atoms with van der Waals surface area (Å²) >= 11 is 5.82. The lowest BCUT2D eigenvalue weighted by Gasteiger charge is -2.09. The molecule has 0 radical (unpaired) electrons. The molecule has 0 saturated carbocycles. The summed E-state index contributed by atoms with van der Waals surface area (Å²) < 4.78 is 24.3. The number of aromatic nitrogens is 2. The van der Waals surface area contributed by atoms with Gasteiger partial charge in [0.25, 0.3) is 0 Å². The summed E-state index contributed by atoms with van der Waals surface area (Å²) in [6, 6.07) is 6.18. The van der Waals surface area contributed by atoms with Crippen molar-refractivity contribution < 1.29 is 18.4 Å². The molecule has 0 saturated heterocycles. The minimum absolute atomic E-state index is 0.239. The van der Waals surface area contributed by atoms with Crippen molar-refractivity contribution in [1.82, 2.24) is 9.72 Å². The molecule has 9 heteroatoms. The Labute approximate surface area is 160 Å². The van der Waals surface area contributed by atoms with Crippen molar-refractivity contribution in [3.63, 3.8) is 0 Å². The van der Waals surface area contributed by atoms with Crippen LogP contribution >= 0.6 is 11.6 Å². The molecule has 0 aliphatic carbocycles. The van der Waals surface area contributed by atoms with Crippen LogP contribution in [0.5, 0.6) is 0 Å². The fourth-order valence-corrected chi connectivity index (χ4v) is 2.37. The van der Waals surface area contributed by atoms with E-state index in [-0.39, 0.29) is 25.2 Å². The number of hydrogen-bond acceptors (Lipinski definition) is 6. The average Bonchev–Trinajstić information content (AvgIpc) is 2.97. The van der Waals surface area contributed by atoms with E-state index in [1.54, 1.807) is 24.3 Å². The van der Waals surface area contributed by atoms with Crippen LogP contribution in [0.1, 0.15) is 24.2 Å². The smallest absolute Gasteiger partial charge is 0.441 e. The van der Waals surface area contributed by atoms with Gasteiger partial charge in [0.2, 0.25) is 0 Å². The first-order chi connectivity index (χ1) is 12.9. The Hall–Kier alpha value is -2.74. The highest BCUT2D eigenvalue weighted by molar-refractivity contribution is 6.30. The summed E-state index contributed by atoms with van der Waals surface area (Å²) in [7, 11) is 1.27. The molecule has 0 spiro atoms. The number of esters is 1. The molecule has 1 aromatic heterocycles. The number of carbonyl (C=O) groups excluding carboxylic acids is 1. The van der Waals surface area contributed by atoms with Crippen molar-refractivity contribution in [3.05, 3.63) is 63.1 Å². The zero-order chi connectivity index (χ0) is 19.8. The van der Waals surface area contributed by atoms with Crippen LogP contribution in [0, 0.1) is 6.92 Å². The standard InChI is InChI=1S/C18H19ClFN3O4/c1-12-22-27-18(25)23(12)11-15(20)4-3-5-16(17(24)26-2)21-10-13-6-8-14(19)9-7-13/h4,6-10,16H,3,5,11H2,1-2H3/b15-4+,21-10?. The van der Waals surface area contributed by atoms with Crippen LogP contribution in [0.4, 0.5) is 4.39 Å². The Morgan fingerprint density at radius 3 is 2.74 bits per heavy atom. The summed E-state index contributed by atoms with van der Waals surface area (Å²) in [5.74, 6) is -1.49. The van der Waals surface area contributed by atoms with Crippen LogP contribution in [-0.4, -0.2) is 35.1 Å². The molecule has 0 bridgehead atoms. The van der Waals surface area contributed by atoms with Crippen molar-refractivity contribution in [2.45, 2.75) is 32.4 Å². The summed E-state index contributed by atoms with van der Waals surface area (Å²) in [6.45, 7) is 1.27. The van der Waals surface area contributed by atoms with Crippen molar-refractivity contribution >= 4 is 23.8 Å². The van der Waals surface area contributed by atoms with Crippen molar-refractivity contribution in [2.75, 3.05) is 7.11 Å². The van der Waals surface area contributed by atoms with Crippen LogP contribution in [0.2, 0.25) is 5.02 Å². The lowest BCUT2D eigenvalue weighted by Crippen LogP contribution is -2.20. The monoisotopic (exact) mass is 395 g/mol. The number of hydrogen-bond donors (Lipinski definition) is 0. The van der Waals surface area contributed by atoms with Crippen molar-refractivity contribution in [2.24, 2.45) is 4.99 Å². The Kier molecular flexibility index (Phi) is 7.48. The molecular weight excluding hydrogens is 377 g/mol. The third kappa shape index (κ3) is 6.18. The van der Waals surface area contributed by atoms with E-state index < -0.39 is 23.6 Å². The second-order valence-corrected chi connectivity index (χ2v) is 6.12. The second-order valence-electron chi connectivity index (χ2n) is 5.68. The molecule has 144 valence electrons. The lowest BCUT2D eigenvalue weighted by molar-refractivity contribution is -0.142. The molecule has 0 aliphatic rings. The lowest BCUT2D eigenvalue weighted by atomic mass is 10.1. The maximum absolute atomic E-state index is 14.0. The first-order valence-electron chi connectivity index (χ1n) is 8.15. The van der Waals surface area contributed by atoms with Gasteiger partial charge in [-0.05, 0) is 37.5 Å². The number of methoxy groups -OCH3 is 1. The number of rotatable bonds is 8. The van der Waals surface area contributed by atoms with Gasteiger partial charge in [-0.25, -0.2) is 14.0 Å². The minimum atomic E-state index is -0.769. The fourth-order valence-electron chi connectivity index (χ4n) is 2.24. The molecule has 1 atom stereocenters. The van der Waals surface area contributed by atoms with Gasteiger partial charge >= 0.3 is 11.7 Å². The van der Waals surface area contributed by atoms with Gasteiger partial charge in [-0.2, -0.15) is 0 Å². The molecule has 2 rings (SSSR count). The second kappa shape index (κ2) is 9.82. The molecule has 7 nitrogen and oxygen atoms in total. The summed E-state index contributed by atoms with van der Waals surface area (Å²) in [4.78, 5) is 27.5. The van der Waals surface area contributed by atoms with Gasteiger partial charge in [0.1, 0.15) is 11.9 Å². The fraction of sp³-hybridized carbons (Fsp3) is 0.333. The zero-order valence-electron chi connectivity index (χ0n) is 14.9. The predicted octanol–water partition coefficient (Wildman–Crippen LogP) is 3.09. The first-order valence-corrected chi connectivity index (χ1v) is 8.52. The predicted molar refractivity (Wildman–Crippen MR) is 98.8 cm³/mol. The van der Waals surface area contributed by atoms with Gasteiger partial charge in [-0.3, -0.25) is 14.1 Å². The molecule has 1 unspecified atom stereocenters. The average molecular weight is 396 g/mol. The number of nitrogens with zero attached hydrogens (tertiary/aromatic N) is 3. The number of halogens is 2. The molecule has 0 amide bonds. The van der Waals surface area contributed by atoms with Gasteiger partial charge in [0, 0.05) is 11.2 Å². The molecular formula is C18H19ClFN3O4. The first kappa shape index (κ1) is 20.6. The highest BCUT2D eigenvalue weighted by Gasteiger charge is 2.17. The maximum Gasteiger partial charge on any atom is 0.441 e. The van der Waals surface area contributed by atoms with Gasteiger partial charge < -0.3 is 4.74 Å². The van der Waals surface area contributed by atoms with E-state index in [1.807, 2.05) is 0 Å². The SMILES string of the molecule is COC(=O)C(CC/C=C(/F)Cn1c(C)noc1=O)N=Cc1ccc(Cl)cc1. The van der Waals surface area contributed by atoms with Crippen molar-refractivity contribution in [1.29, 1.82) is 0 Å². The van der Waals surface area contributed by atoms with E-state index in [9.17, 15) is 14.0 Å². The number of benzene rings is 1. The third-order valence-electron chi connectivity index (χ3n) is 3.73. The van der Waals surface area contributed by atoms with Gasteiger partial charge in [-0.15, -0.1) is 0 Å². The van der Waals surface area contributed by atoms with Crippen LogP contribution in [0.3, 0.4) is 0 Å². The Morgan fingerprint density at radius 2 is 2.15 bits per heavy atom. The molecule has 0 aliphatic heterocycles. The van der Waals surface area contributed by atoms with Crippen LogP contribution in [0.25, 0.3) is 0 Å². The summed E-state index contributed by atoms with van der Waals surface area (Å²) in [5, 5.41) is 4.06. The number of ether oxygens (including phenoxy) is 1. The third-order valence-corrected chi connectivity index (χ3v) is 3.98. The number of aryl methyl sites for hydroxylation is 1. The van der Waals surface area contributed by atoms with E-state index in [0.29, 0.717) is 5.02 Å². The number of allylic oxidation sites excluding steroid dienone is 2. The summed E-state index contributed by atoms with van der Waals surface area (Å²) in [5.41, 5.74) is 0.775. The Morgan fingerprint density at radius 1 is 1.44 bits per heavy atom. The molecule has 27 heavy (non-hydrogen) atoms. The highest BCUT2D eigenvalue weighted by atomic mass is 35.5. The molecule has 1 aromatic carbocycles. The minimum Gasteiger partial charge on any atom is -0.467 e. The summed E-state index contributed by atoms with van der Waals surface area (Å²) in [6.07, 6.45) is 3.33. The molecule has 2 aromatic rings. The molecule has 0 N–H and O–H groups in total. The number of aliphatic imine (C=N–C) groups is 1. The zero-order valence-corrected chi connectivity index (χ0v) is 15.6. The highest BCUT2D eigenvalue weighted by Crippen LogP contribution is 2.11. The van der Waals surface area contributed by atoms with Crippen LogP contribution in [0.15, 0.2) is 50.5 Å². The van der Waals surface area contributed by atoms with Gasteiger partial charge in [0.15, 0.2) is 5.82 Å². The largest absolute Gasteiger partial charge is 0.467 e. The molecule has 1 heterocycles. The quantitative estimate of drug-likeness (QED) is 0.506. The van der Waals surface area contributed by atoms with E-state index in [1.165, 1.54) is 26.3 Å². The van der Waals surface area contributed by atoms with E-state index >= 15 is 0 Å². The number of carbonyl (C=O) groups is 1. The van der Waals surface area contributed by atoms with E-state index in [4.69, 9.17) is 16.3 Å². The molecule has 0 fully saturated rings. The van der Waals surface area contributed by atoms with Gasteiger partial charge in [0.05, 0.1) is 13.7 Å². The Balaban J connectivity index is 1.98. The van der Waals surface area contributed by atoms with Crippen molar-refractivity contribution in [3.8, 4) is 0 Å². The van der Waals surface area contributed by atoms with E-state index in [2.05, 4.69) is 14.7 Å². The Bertz CT molecular complexity index is 887. The topological polar surface area (TPSA) is 86.7 Å². The van der Waals surface area contributed by atoms with Crippen LogP contribution in [-0.2, 0) is 16.1 Å². The van der Waals surface area contributed by atoms with E-state index in [0.717, 1.165) is 10.1 Å². The van der Waals surface area contributed by atoms with Gasteiger partial charge in [-0.1, -0.05) is 35.0 Å².